The van der Waals surface area contributed by atoms with Gasteiger partial charge in [-0.2, -0.15) is 5.10 Å². The van der Waals surface area contributed by atoms with Gasteiger partial charge < -0.3 is 9.40 Å². The second-order valence-electron chi connectivity index (χ2n) is 4.44. The zero-order chi connectivity index (χ0) is 12.9. The molecule has 0 radical (unpaired) electrons. The van der Waals surface area contributed by atoms with E-state index in [4.69, 9.17) is 16.6 Å². The van der Waals surface area contributed by atoms with Crippen molar-refractivity contribution in [3.8, 4) is 0 Å². The van der Waals surface area contributed by atoms with Crippen molar-refractivity contribution in [3.63, 3.8) is 0 Å². The topological polar surface area (TPSA) is 51.7 Å². The lowest BCUT2D eigenvalue weighted by atomic mass is 10.4. The highest BCUT2D eigenvalue weighted by molar-refractivity contribution is 7.71. The summed E-state index contributed by atoms with van der Waals surface area (Å²) in [4.78, 5) is 3.20. The molecular formula is C12H14N4OS. The number of hydrogen-bond donors (Lipinski definition) is 1. The Kier molecular flexibility index (Phi) is 2.41. The Balaban J connectivity index is 2.16. The summed E-state index contributed by atoms with van der Waals surface area (Å²) in [6.45, 7) is 4.52. The first-order chi connectivity index (χ1) is 8.56. The van der Waals surface area contributed by atoms with Gasteiger partial charge in [0.25, 0.3) is 0 Å². The highest BCUT2D eigenvalue weighted by Gasteiger charge is 2.13. The van der Waals surface area contributed by atoms with Gasteiger partial charge in [0, 0.05) is 7.05 Å². The van der Waals surface area contributed by atoms with Gasteiger partial charge in [-0.05, 0) is 38.2 Å². The van der Waals surface area contributed by atoms with Gasteiger partial charge in [0.2, 0.25) is 0 Å². The molecular weight excluding hydrogens is 248 g/mol. The molecule has 94 valence electrons. The van der Waals surface area contributed by atoms with Crippen molar-refractivity contribution in [2.45, 2.75) is 20.4 Å². The molecule has 0 aliphatic carbocycles. The number of nitrogens with one attached hydrogen (secondary N) is 1. The van der Waals surface area contributed by atoms with Crippen LogP contribution in [0.2, 0.25) is 0 Å². The number of rotatable bonds is 2. The minimum absolute atomic E-state index is 0.617. The minimum Gasteiger partial charge on any atom is -0.464 e. The lowest BCUT2D eigenvalue weighted by Crippen LogP contribution is -2.03. The largest absolute Gasteiger partial charge is 0.464 e. The van der Waals surface area contributed by atoms with Gasteiger partial charge in [0.05, 0.1) is 12.2 Å². The summed E-state index contributed by atoms with van der Waals surface area (Å²) < 4.78 is 10.1. The van der Waals surface area contributed by atoms with Crippen LogP contribution in [0.4, 0.5) is 0 Å². The van der Waals surface area contributed by atoms with Crippen LogP contribution in [0.25, 0.3) is 11.2 Å². The summed E-state index contributed by atoms with van der Waals surface area (Å²) >= 11 is 5.36. The van der Waals surface area contributed by atoms with Crippen LogP contribution in [0.5, 0.6) is 0 Å². The Morgan fingerprint density at radius 1 is 1.39 bits per heavy atom. The first-order valence-corrected chi connectivity index (χ1v) is 6.14. The number of furan rings is 1. The predicted molar refractivity (Wildman–Crippen MR) is 71.2 cm³/mol. The second-order valence-corrected chi connectivity index (χ2v) is 4.82. The van der Waals surface area contributed by atoms with E-state index in [2.05, 4.69) is 10.1 Å². The van der Waals surface area contributed by atoms with Gasteiger partial charge in [0.1, 0.15) is 17.0 Å². The number of nitrogens with zero attached hydrogens (tertiary/aromatic N) is 3. The third-order valence-corrected chi connectivity index (χ3v) is 3.36. The molecule has 0 saturated heterocycles. The molecule has 0 fully saturated rings. The standard InChI is InChI=1S/C12H14N4OS/c1-7-4-5-9(17-7)6-16-11-10(13-12(16)18)8(2)14-15(11)3/h4-5H,6H2,1-3H3,(H,13,18). The molecule has 6 heteroatoms. The smallest absolute Gasteiger partial charge is 0.179 e. The molecule has 3 aromatic heterocycles. The fraction of sp³-hybridized carbons (Fsp3) is 0.333. The SMILES string of the molecule is Cc1ccc(Cn2c(=S)[nH]c3c(C)nn(C)c32)o1. The van der Waals surface area contributed by atoms with Crippen LogP contribution in [0.1, 0.15) is 17.2 Å². The van der Waals surface area contributed by atoms with E-state index in [1.165, 1.54) is 0 Å². The number of imidazole rings is 1. The summed E-state index contributed by atoms with van der Waals surface area (Å²) in [7, 11) is 1.92. The van der Waals surface area contributed by atoms with Crippen molar-refractivity contribution in [1.82, 2.24) is 19.3 Å². The Morgan fingerprint density at radius 3 is 2.83 bits per heavy atom. The number of aryl methyl sites for hydroxylation is 3. The molecule has 0 bridgehead atoms. The van der Waals surface area contributed by atoms with Crippen LogP contribution in [0, 0.1) is 18.6 Å². The first-order valence-electron chi connectivity index (χ1n) is 5.73. The van der Waals surface area contributed by atoms with E-state index in [1.54, 1.807) is 0 Å². The molecule has 0 amide bonds. The molecule has 0 atom stereocenters. The molecule has 18 heavy (non-hydrogen) atoms. The van der Waals surface area contributed by atoms with E-state index in [-0.39, 0.29) is 0 Å². The maximum absolute atomic E-state index is 5.60. The van der Waals surface area contributed by atoms with Gasteiger partial charge >= 0.3 is 0 Å². The van der Waals surface area contributed by atoms with Crippen molar-refractivity contribution >= 4 is 23.4 Å². The maximum Gasteiger partial charge on any atom is 0.179 e. The Hall–Kier alpha value is -1.82. The monoisotopic (exact) mass is 262 g/mol. The van der Waals surface area contributed by atoms with Crippen molar-refractivity contribution in [2.24, 2.45) is 7.05 Å². The van der Waals surface area contributed by atoms with Gasteiger partial charge in [-0.1, -0.05) is 0 Å². The number of aromatic nitrogens is 4. The highest BCUT2D eigenvalue weighted by Crippen LogP contribution is 2.19. The number of fused-ring (bicyclic) bond motifs is 1. The average molecular weight is 262 g/mol. The van der Waals surface area contributed by atoms with Crippen molar-refractivity contribution in [2.75, 3.05) is 0 Å². The average Bonchev–Trinajstić information content (AvgIpc) is 2.91. The van der Waals surface area contributed by atoms with Crippen molar-refractivity contribution in [3.05, 3.63) is 34.1 Å². The molecule has 3 heterocycles. The summed E-state index contributed by atoms with van der Waals surface area (Å²) in [5.41, 5.74) is 2.94. The Labute approximate surface area is 109 Å². The number of aromatic amines is 1. The molecule has 0 unspecified atom stereocenters. The zero-order valence-electron chi connectivity index (χ0n) is 10.5. The number of H-pyrrole nitrogens is 1. The molecule has 1 N–H and O–H groups in total. The van der Waals surface area contributed by atoms with Crippen molar-refractivity contribution in [1.29, 1.82) is 0 Å². The Bertz CT molecular complexity index is 774. The molecule has 3 rings (SSSR count). The fourth-order valence-corrected chi connectivity index (χ4v) is 2.50. The molecule has 0 aliphatic heterocycles. The van der Waals surface area contributed by atoms with Gasteiger partial charge in [-0.3, -0.25) is 9.25 Å². The van der Waals surface area contributed by atoms with Crippen LogP contribution < -0.4 is 0 Å². The van der Waals surface area contributed by atoms with E-state index in [9.17, 15) is 0 Å². The predicted octanol–water partition coefficient (Wildman–Crippen LogP) is 2.69. The summed E-state index contributed by atoms with van der Waals surface area (Å²) in [6.07, 6.45) is 0. The lowest BCUT2D eigenvalue weighted by Gasteiger charge is -2.02. The van der Waals surface area contributed by atoms with E-state index in [0.717, 1.165) is 28.4 Å². The fourth-order valence-electron chi connectivity index (χ4n) is 2.25. The normalized spacial score (nSPS) is 11.5. The van der Waals surface area contributed by atoms with Crippen molar-refractivity contribution < 1.29 is 4.42 Å². The molecule has 0 aliphatic rings. The first kappa shape index (κ1) is 11.3. The zero-order valence-corrected chi connectivity index (χ0v) is 11.3. The quantitative estimate of drug-likeness (QED) is 0.722. The minimum atomic E-state index is 0.617. The lowest BCUT2D eigenvalue weighted by molar-refractivity contribution is 0.469. The molecule has 5 nitrogen and oxygen atoms in total. The van der Waals surface area contributed by atoms with Crippen LogP contribution in [0.3, 0.4) is 0 Å². The van der Waals surface area contributed by atoms with E-state index < -0.39 is 0 Å². The van der Waals surface area contributed by atoms with Gasteiger partial charge in [0.15, 0.2) is 10.4 Å². The summed E-state index contributed by atoms with van der Waals surface area (Å²) in [6, 6.07) is 3.93. The van der Waals surface area contributed by atoms with E-state index in [1.807, 2.05) is 42.3 Å². The summed E-state index contributed by atoms with van der Waals surface area (Å²) in [5, 5.41) is 4.39. The van der Waals surface area contributed by atoms with Crippen LogP contribution in [-0.2, 0) is 13.6 Å². The van der Waals surface area contributed by atoms with Crippen LogP contribution in [-0.4, -0.2) is 19.3 Å². The molecule has 0 spiro atoms. The second kappa shape index (κ2) is 3.84. The molecule has 3 aromatic rings. The maximum atomic E-state index is 5.60. The van der Waals surface area contributed by atoms with Crippen LogP contribution >= 0.6 is 12.2 Å². The highest BCUT2D eigenvalue weighted by atomic mass is 32.1. The third kappa shape index (κ3) is 1.60. The molecule has 0 saturated carbocycles. The van der Waals surface area contributed by atoms with Crippen LogP contribution in [0.15, 0.2) is 16.5 Å². The number of hydrogen-bond acceptors (Lipinski definition) is 3. The molecule has 0 aromatic carbocycles. The third-order valence-electron chi connectivity index (χ3n) is 3.03. The Morgan fingerprint density at radius 2 is 2.17 bits per heavy atom. The van der Waals surface area contributed by atoms with Gasteiger partial charge in [-0.15, -0.1) is 0 Å². The summed E-state index contributed by atoms with van der Waals surface area (Å²) in [5.74, 6) is 1.80. The van der Waals surface area contributed by atoms with Gasteiger partial charge in [-0.25, -0.2) is 0 Å². The van der Waals surface area contributed by atoms with E-state index in [0.29, 0.717) is 11.3 Å². The van der Waals surface area contributed by atoms with E-state index >= 15 is 0 Å².